The van der Waals surface area contributed by atoms with Gasteiger partial charge < -0.3 is 0 Å². The second-order valence-corrected chi connectivity index (χ2v) is 5.22. The summed E-state index contributed by atoms with van der Waals surface area (Å²) in [6, 6.07) is 5.75. The van der Waals surface area contributed by atoms with Gasteiger partial charge in [0.2, 0.25) is 0 Å². The Morgan fingerprint density at radius 1 is 1.15 bits per heavy atom. The first-order valence-corrected chi connectivity index (χ1v) is 6.92. The Bertz CT molecular complexity index is 767. The van der Waals surface area contributed by atoms with E-state index in [1.807, 2.05) is 44.2 Å². The summed E-state index contributed by atoms with van der Waals surface area (Å²) < 4.78 is 2.61. The smallest absolute Gasteiger partial charge is 0.177 e. The van der Waals surface area contributed by atoms with Crippen molar-refractivity contribution in [3.05, 3.63) is 51.9 Å². The molecule has 0 saturated heterocycles. The number of hydrogen-bond acceptors (Lipinski definition) is 4. The van der Waals surface area contributed by atoms with Crippen LogP contribution in [-0.2, 0) is 0 Å². The van der Waals surface area contributed by atoms with E-state index in [4.69, 9.17) is 0 Å². The Kier molecular flexibility index (Phi) is 3.31. The first kappa shape index (κ1) is 12.9. The molecule has 0 bridgehead atoms. The normalized spacial score (nSPS) is 11.6. The Labute approximate surface area is 124 Å². The topological polar surface area (TPSA) is 56.0 Å². The summed E-state index contributed by atoms with van der Waals surface area (Å²) in [4.78, 5) is 13.1. The summed E-state index contributed by atoms with van der Waals surface area (Å²) in [6.45, 7) is 3.88. The number of aromatic nitrogens is 5. The van der Waals surface area contributed by atoms with Gasteiger partial charge >= 0.3 is 0 Å². The van der Waals surface area contributed by atoms with E-state index < -0.39 is 0 Å². The number of aryl methyl sites for hydroxylation is 2. The SMILES string of the molecule is Cc1ncc(C)n2nc(/C=C/c3cccc(Br)n3)nc12. The molecule has 0 aliphatic rings. The van der Waals surface area contributed by atoms with E-state index in [-0.39, 0.29) is 0 Å². The molecule has 0 N–H and O–H groups in total. The molecule has 0 aliphatic heterocycles. The summed E-state index contributed by atoms with van der Waals surface area (Å²) in [5.74, 6) is 0.644. The lowest BCUT2D eigenvalue weighted by atomic mass is 10.3. The van der Waals surface area contributed by atoms with Gasteiger partial charge in [-0.2, -0.15) is 0 Å². The lowest BCUT2D eigenvalue weighted by Crippen LogP contribution is -1.97. The summed E-state index contributed by atoms with van der Waals surface area (Å²) in [7, 11) is 0. The van der Waals surface area contributed by atoms with Crippen LogP contribution in [-0.4, -0.2) is 24.6 Å². The zero-order valence-corrected chi connectivity index (χ0v) is 12.7. The van der Waals surface area contributed by atoms with Gasteiger partial charge in [0.15, 0.2) is 11.5 Å². The predicted molar refractivity (Wildman–Crippen MR) is 81.1 cm³/mol. The molecular formula is C14H12BrN5. The van der Waals surface area contributed by atoms with E-state index in [1.165, 1.54) is 0 Å². The van der Waals surface area contributed by atoms with Crippen LogP contribution in [0.4, 0.5) is 0 Å². The van der Waals surface area contributed by atoms with Crippen LogP contribution in [0, 0.1) is 13.8 Å². The third-order valence-electron chi connectivity index (χ3n) is 2.87. The van der Waals surface area contributed by atoms with Crippen molar-refractivity contribution in [2.75, 3.05) is 0 Å². The van der Waals surface area contributed by atoms with Gasteiger partial charge in [0, 0.05) is 6.20 Å². The molecule has 0 spiro atoms. The average molecular weight is 330 g/mol. The minimum atomic E-state index is 0.644. The third-order valence-corrected chi connectivity index (χ3v) is 3.31. The Hall–Kier alpha value is -2.08. The lowest BCUT2D eigenvalue weighted by Gasteiger charge is -1.97. The quantitative estimate of drug-likeness (QED) is 0.678. The van der Waals surface area contributed by atoms with Crippen molar-refractivity contribution < 1.29 is 0 Å². The Balaban J connectivity index is 1.99. The highest BCUT2D eigenvalue weighted by Crippen LogP contribution is 2.11. The van der Waals surface area contributed by atoms with Crippen LogP contribution in [0.25, 0.3) is 17.8 Å². The van der Waals surface area contributed by atoms with E-state index in [9.17, 15) is 0 Å². The van der Waals surface area contributed by atoms with Crippen molar-refractivity contribution in [3.63, 3.8) is 0 Å². The first-order valence-electron chi connectivity index (χ1n) is 6.13. The fourth-order valence-electron chi connectivity index (χ4n) is 1.86. The highest BCUT2D eigenvalue weighted by Gasteiger charge is 2.06. The number of fused-ring (bicyclic) bond motifs is 1. The van der Waals surface area contributed by atoms with Crippen LogP contribution in [0.3, 0.4) is 0 Å². The minimum absolute atomic E-state index is 0.644. The average Bonchev–Trinajstić information content (AvgIpc) is 2.86. The van der Waals surface area contributed by atoms with Crippen LogP contribution < -0.4 is 0 Å². The largest absolute Gasteiger partial charge is 0.256 e. The van der Waals surface area contributed by atoms with Crippen LogP contribution >= 0.6 is 15.9 Å². The molecule has 0 aromatic carbocycles. The van der Waals surface area contributed by atoms with Gasteiger partial charge in [-0.1, -0.05) is 6.07 Å². The predicted octanol–water partition coefficient (Wildman–Crippen LogP) is 3.07. The molecule has 0 aliphatic carbocycles. The zero-order chi connectivity index (χ0) is 14.1. The Morgan fingerprint density at radius 3 is 2.75 bits per heavy atom. The standard InChI is InChI=1S/C14H12BrN5/c1-9-8-16-10(2)14-18-13(19-20(9)14)7-6-11-4-3-5-12(15)17-11/h3-8H,1-2H3/b7-6+. The van der Waals surface area contributed by atoms with E-state index in [2.05, 4.69) is 36.0 Å². The fourth-order valence-corrected chi connectivity index (χ4v) is 2.22. The zero-order valence-electron chi connectivity index (χ0n) is 11.1. The third kappa shape index (κ3) is 2.46. The van der Waals surface area contributed by atoms with Gasteiger partial charge in [0.25, 0.3) is 0 Å². The molecule has 0 radical (unpaired) electrons. The van der Waals surface area contributed by atoms with Crippen LogP contribution in [0.5, 0.6) is 0 Å². The molecule has 0 amide bonds. The van der Waals surface area contributed by atoms with Crippen LogP contribution in [0.2, 0.25) is 0 Å². The monoisotopic (exact) mass is 329 g/mol. The van der Waals surface area contributed by atoms with E-state index in [0.29, 0.717) is 5.82 Å². The van der Waals surface area contributed by atoms with Gasteiger partial charge in [-0.15, -0.1) is 5.10 Å². The van der Waals surface area contributed by atoms with Crippen molar-refractivity contribution >= 4 is 33.7 Å². The van der Waals surface area contributed by atoms with E-state index >= 15 is 0 Å². The second kappa shape index (κ2) is 5.13. The van der Waals surface area contributed by atoms with Gasteiger partial charge in [0.05, 0.1) is 17.1 Å². The summed E-state index contributed by atoms with van der Waals surface area (Å²) in [6.07, 6.45) is 5.53. The molecule has 3 heterocycles. The minimum Gasteiger partial charge on any atom is -0.256 e. The highest BCUT2D eigenvalue weighted by molar-refractivity contribution is 9.10. The summed E-state index contributed by atoms with van der Waals surface area (Å²) in [5.41, 5.74) is 3.46. The Morgan fingerprint density at radius 2 is 2.00 bits per heavy atom. The number of rotatable bonds is 2. The number of halogens is 1. The van der Waals surface area contributed by atoms with Crippen molar-refractivity contribution in [2.45, 2.75) is 13.8 Å². The molecular weight excluding hydrogens is 318 g/mol. The summed E-state index contributed by atoms with van der Waals surface area (Å²) >= 11 is 3.35. The van der Waals surface area contributed by atoms with Gasteiger partial charge in [0.1, 0.15) is 4.60 Å². The maximum absolute atomic E-state index is 4.47. The van der Waals surface area contributed by atoms with Crippen molar-refractivity contribution in [1.29, 1.82) is 0 Å². The molecule has 3 rings (SSSR count). The maximum atomic E-state index is 4.47. The van der Waals surface area contributed by atoms with Gasteiger partial charge in [-0.05, 0) is 54.1 Å². The first-order chi connectivity index (χ1) is 9.63. The molecule has 100 valence electrons. The van der Waals surface area contributed by atoms with E-state index in [1.54, 1.807) is 10.7 Å². The van der Waals surface area contributed by atoms with Crippen molar-refractivity contribution in [3.8, 4) is 0 Å². The van der Waals surface area contributed by atoms with Gasteiger partial charge in [-0.3, -0.25) is 4.98 Å². The number of pyridine rings is 1. The van der Waals surface area contributed by atoms with E-state index in [0.717, 1.165) is 27.3 Å². The molecule has 0 unspecified atom stereocenters. The molecule has 0 atom stereocenters. The highest BCUT2D eigenvalue weighted by atomic mass is 79.9. The van der Waals surface area contributed by atoms with Crippen molar-refractivity contribution in [2.24, 2.45) is 0 Å². The fraction of sp³-hybridized carbons (Fsp3) is 0.143. The van der Waals surface area contributed by atoms with Crippen molar-refractivity contribution in [1.82, 2.24) is 24.6 Å². The lowest BCUT2D eigenvalue weighted by molar-refractivity contribution is 0.884. The molecule has 3 aromatic rings. The van der Waals surface area contributed by atoms with Crippen LogP contribution in [0.15, 0.2) is 29.0 Å². The molecule has 6 heteroatoms. The number of nitrogens with zero attached hydrogens (tertiary/aromatic N) is 5. The van der Waals surface area contributed by atoms with Gasteiger partial charge in [-0.25, -0.2) is 14.5 Å². The number of hydrogen-bond donors (Lipinski definition) is 0. The maximum Gasteiger partial charge on any atom is 0.177 e. The molecule has 0 saturated carbocycles. The van der Waals surface area contributed by atoms with Crippen LogP contribution in [0.1, 0.15) is 22.9 Å². The molecule has 5 nitrogen and oxygen atoms in total. The molecule has 20 heavy (non-hydrogen) atoms. The summed E-state index contributed by atoms with van der Waals surface area (Å²) in [5, 5.41) is 4.45. The molecule has 3 aromatic heterocycles. The second-order valence-electron chi connectivity index (χ2n) is 4.41. The molecule has 0 fully saturated rings.